The van der Waals surface area contributed by atoms with Gasteiger partial charge in [0.25, 0.3) is 10.1 Å². The van der Waals surface area contributed by atoms with Gasteiger partial charge in [-0.2, -0.15) is 18.4 Å². The molecule has 2 saturated heterocycles. The third-order valence-electron chi connectivity index (χ3n) is 6.59. The van der Waals surface area contributed by atoms with Crippen LogP contribution in [0.1, 0.15) is 47.5 Å². The number of piperazine rings is 1. The van der Waals surface area contributed by atoms with Crippen LogP contribution in [-0.2, 0) is 19.0 Å². The molecule has 2 aromatic rings. The van der Waals surface area contributed by atoms with Gasteiger partial charge in [0.1, 0.15) is 35.0 Å². The van der Waals surface area contributed by atoms with Crippen molar-refractivity contribution in [2.45, 2.75) is 70.2 Å². The van der Waals surface area contributed by atoms with E-state index in [-0.39, 0.29) is 28.8 Å². The number of carbonyl (C=O) groups excluding carboxylic acids is 1. The monoisotopic (exact) mass is 572 g/mol. The van der Waals surface area contributed by atoms with Gasteiger partial charge in [-0.1, -0.05) is 0 Å². The molecular formula is C25H34F2N4O7S. The van der Waals surface area contributed by atoms with Gasteiger partial charge in [0.05, 0.1) is 24.4 Å². The highest BCUT2D eigenvalue weighted by molar-refractivity contribution is 7.85. The van der Waals surface area contributed by atoms with Crippen molar-refractivity contribution >= 4 is 32.9 Å². The molecule has 2 aliphatic heterocycles. The van der Waals surface area contributed by atoms with Gasteiger partial charge in [0.2, 0.25) is 0 Å². The molecule has 14 heteroatoms. The van der Waals surface area contributed by atoms with Crippen molar-refractivity contribution in [3.8, 4) is 6.01 Å². The van der Waals surface area contributed by atoms with Gasteiger partial charge >= 0.3 is 12.1 Å². The average molecular weight is 573 g/mol. The third-order valence-corrected chi connectivity index (χ3v) is 7.14. The van der Waals surface area contributed by atoms with Crippen molar-refractivity contribution in [1.82, 2.24) is 14.9 Å². The quantitative estimate of drug-likeness (QED) is 0.494. The number of fused-ring (bicyclic) bond motifs is 3. The lowest BCUT2D eigenvalue weighted by Gasteiger charge is -2.47. The van der Waals surface area contributed by atoms with Crippen LogP contribution < -0.4 is 9.64 Å². The third kappa shape index (κ3) is 6.67. The lowest BCUT2D eigenvalue weighted by Crippen LogP contribution is -2.63. The van der Waals surface area contributed by atoms with E-state index in [2.05, 4.69) is 14.2 Å². The molecule has 11 nitrogen and oxygen atoms in total. The van der Waals surface area contributed by atoms with Crippen LogP contribution in [0.5, 0.6) is 6.01 Å². The molecule has 1 unspecified atom stereocenters. The Morgan fingerprint density at radius 1 is 1.21 bits per heavy atom. The van der Waals surface area contributed by atoms with Crippen LogP contribution in [0.4, 0.5) is 19.4 Å². The zero-order chi connectivity index (χ0) is 29.0. The maximum absolute atomic E-state index is 14.9. The van der Waals surface area contributed by atoms with E-state index in [1.165, 1.54) is 6.92 Å². The van der Waals surface area contributed by atoms with Crippen molar-refractivity contribution in [3.05, 3.63) is 23.8 Å². The van der Waals surface area contributed by atoms with Crippen LogP contribution in [0.2, 0.25) is 0 Å². The average Bonchev–Trinajstić information content (AvgIpc) is 3.00. The summed E-state index contributed by atoms with van der Waals surface area (Å²) in [5, 5.41) is 10.6. The first-order valence-corrected chi connectivity index (χ1v) is 14.3. The maximum Gasteiger partial charge on any atom is 0.411 e. The lowest BCUT2D eigenvalue weighted by molar-refractivity contribution is -0.0250. The second-order valence-electron chi connectivity index (χ2n) is 11.8. The van der Waals surface area contributed by atoms with Gasteiger partial charge in [-0.15, -0.1) is 0 Å². The number of hydrogen-bond acceptors (Lipinski definition) is 10. The van der Waals surface area contributed by atoms with E-state index in [9.17, 15) is 27.1 Å². The summed E-state index contributed by atoms with van der Waals surface area (Å²) in [6, 6.07) is 1.32. The molecule has 39 heavy (non-hydrogen) atoms. The lowest BCUT2D eigenvalue weighted by atomic mass is 9.97. The molecule has 3 atom stereocenters. The van der Waals surface area contributed by atoms with E-state index < -0.39 is 57.8 Å². The standard InChI is InChI=1S/C25H34F2N4O7S/c1-23(2,3)38-22(32)31-16-7-8-24(31,4)12-30(11-16)20-17-9-15(26)10-18(27)19(17)28-21(29-20)36-13-25(5,33)14-37-39(6,34)35/h9-10,16,33H,7-8,11-14H2,1-6H3/t16-,24+,25?/m0/s1. The summed E-state index contributed by atoms with van der Waals surface area (Å²) in [6.45, 7) is 8.22. The Morgan fingerprint density at radius 2 is 1.90 bits per heavy atom. The molecule has 1 aromatic heterocycles. The summed E-state index contributed by atoms with van der Waals surface area (Å²) in [4.78, 5) is 25.1. The topological polar surface area (TPSA) is 131 Å². The molecule has 216 valence electrons. The Bertz CT molecular complexity index is 1380. The minimum Gasteiger partial charge on any atom is -0.460 e. The number of nitrogens with zero attached hydrogens (tertiary/aromatic N) is 4. The summed E-state index contributed by atoms with van der Waals surface area (Å²) in [7, 11) is -3.81. The van der Waals surface area contributed by atoms with E-state index in [0.29, 0.717) is 32.0 Å². The first-order valence-electron chi connectivity index (χ1n) is 12.5. The van der Waals surface area contributed by atoms with Crippen LogP contribution in [0.25, 0.3) is 10.9 Å². The number of anilines is 1. The summed E-state index contributed by atoms with van der Waals surface area (Å²) >= 11 is 0. The molecule has 0 radical (unpaired) electrons. The number of carbonyl (C=O) groups is 1. The maximum atomic E-state index is 14.9. The molecule has 1 amide bonds. The van der Waals surface area contributed by atoms with E-state index in [0.717, 1.165) is 12.3 Å². The Morgan fingerprint density at radius 3 is 2.51 bits per heavy atom. The molecule has 1 aromatic carbocycles. The Hall–Kier alpha value is -2.84. The van der Waals surface area contributed by atoms with E-state index in [1.54, 1.807) is 25.7 Å². The smallest absolute Gasteiger partial charge is 0.411 e. The van der Waals surface area contributed by atoms with Crippen molar-refractivity contribution in [1.29, 1.82) is 0 Å². The first-order chi connectivity index (χ1) is 17.9. The fraction of sp³-hybridized carbons (Fsp3) is 0.640. The molecule has 2 bridgehead atoms. The van der Waals surface area contributed by atoms with E-state index in [1.807, 2.05) is 11.8 Å². The molecular weight excluding hydrogens is 538 g/mol. The van der Waals surface area contributed by atoms with Gasteiger partial charge in [0, 0.05) is 24.5 Å². The highest BCUT2D eigenvalue weighted by Gasteiger charge is 2.52. The Balaban J connectivity index is 1.65. The summed E-state index contributed by atoms with van der Waals surface area (Å²) in [6.07, 6.45) is 1.84. The first kappa shape index (κ1) is 29.2. The number of amides is 1. The van der Waals surface area contributed by atoms with E-state index in [4.69, 9.17) is 9.47 Å². The molecule has 0 spiro atoms. The van der Waals surface area contributed by atoms with Crippen molar-refractivity contribution < 1.29 is 40.8 Å². The predicted octanol–water partition coefficient (Wildman–Crippen LogP) is 2.99. The van der Waals surface area contributed by atoms with E-state index >= 15 is 0 Å². The van der Waals surface area contributed by atoms with Gasteiger partial charge in [-0.05, 0) is 53.5 Å². The summed E-state index contributed by atoms with van der Waals surface area (Å²) < 4.78 is 67.6. The minimum absolute atomic E-state index is 0.126. The van der Waals surface area contributed by atoms with Gasteiger partial charge < -0.3 is 19.5 Å². The molecule has 0 saturated carbocycles. The Kier molecular flexibility index (Phi) is 7.45. The molecule has 2 aliphatic rings. The summed E-state index contributed by atoms with van der Waals surface area (Å²) in [5.41, 5.74) is -3.21. The molecule has 4 rings (SSSR count). The van der Waals surface area contributed by atoms with Gasteiger partial charge in [-0.25, -0.2) is 13.6 Å². The summed E-state index contributed by atoms with van der Waals surface area (Å²) in [5.74, 6) is -1.52. The Labute approximate surface area is 226 Å². The van der Waals surface area contributed by atoms with Crippen molar-refractivity contribution in [3.63, 3.8) is 0 Å². The van der Waals surface area contributed by atoms with Crippen LogP contribution in [0.15, 0.2) is 12.1 Å². The zero-order valence-corrected chi connectivity index (χ0v) is 23.6. The van der Waals surface area contributed by atoms with Crippen LogP contribution in [-0.4, -0.2) is 89.8 Å². The number of aliphatic hydroxyl groups is 1. The largest absolute Gasteiger partial charge is 0.460 e. The molecule has 0 aliphatic carbocycles. The van der Waals surface area contributed by atoms with Crippen LogP contribution in [0.3, 0.4) is 0 Å². The number of rotatable bonds is 7. The van der Waals surface area contributed by atoms with Gasteiger partial charge in [0.15, 0.2) is 5.82 Å². The van der Waals surface area contributed by atoms with Crippen LogP contribution >= 0.6 is 0 Å². The van der Waals surface area contributed by atoms with Crippen molar-refractivity contribution in [2.24, 2.45) is 0 Å². The number of halogens is 2. The normalized spacial score (nSPS) is 23.2. The predicted molar refractivity (Wildman–Crippen MR) is 138 cm³/mol. The fourth-order valence-corrected chi connectivity index (χ4v) is 5.46. The zero-order valence-electron chi connectivity index (χ0n) is 22.8. The number of hydrogen-bond donors (Lipinski definition) is 1. The molecule has 1 N–H and O–H groups in total. The molecule has 2 fully saturated rings. The number of aromatic nitrogens is 2. The minimum atomic E-state index is -3.81. The molecule has 3 heterocycles. The highest BCUT2D eigenvalue weighted by atomic mass is 32.2. The second kappa shape index (κ2) is 9.97. The van der Waals surface area contributed by atoms with Crippen molar-refractivity contribution in [2.75, 3.05) is 37.5 Å². The van der Waals surface area contributed by atoms with Crippen LogP contribution in [0, 0.1) is 11.6 Å². The number of ether oxygens (including phenoxy) is 2. The number of benzene rings is 1. The van der Waals surface area contributed by atoms with Gasteiger partial charge in [-0.3, -0.25) is 9.08 Å². The SMILES string of the molecule is CC(O)(COc1nc(N2C[C@@H]3CC[C@](C)(C2)N3C(=O)OC(C)(C)C)c2cc(F)cc(F)c2n1)COS(C)(=O)=O. The fourth-order valence-electron chi connectivity index (χ4n) is 4.99. The second-order valence-corrected chi connectivity index (χ2v) is 13.4. The highest BCUT2D eigenvalue weighted by Crippen LogP contribution is 2.42.